The molecule has 6 heteroatoms. The van der Waals surface area contributed by atoms with Crippen LogP contribution >= 0.6 is 11.3 Å². The highest BCUT2D eigenvalue weighted by Crippen LogP contribution is 2.29. The van der Waals surface area contributed by atoms with Crippen molar-refractivity contribution in [2.75, 3.05) is 5.73 Å². The maximum Gasteiger partial charge on any atom is 0.263 e. The molecule has 1 aromatic carbocycles. The van der Waals surface area contributed by atoms with E-state index in [1.807, 2.05) is 6.07 Å². The predicted molar refractivity (Wildman–Crippen MR) is 74.1 cm³/mol. The Balaban J connectivity index is 1.94. The molecule has 0 fully saturated rings. The van der Waals surface area contributed by atoms with Crippen molar-refractivity contribution in [1.29, 1.82) is 5.26 Å². The van der Waals surface area contributed by atoms with Crippen LogP contribution in [-0.4, -0.2) is 16.7 Å². The van der Waals surface area contributed by atoms with Crippen LogP contribution < -0.4 is 5.73 Å². The van der Waals surface area contributed by atoms with Gasteiger partial charge in [0.15, 0.2) is 0 Å². The number of thiophene rings is 1. The number of imide groups is 1. The van der Waals surface area contributed by atoms with E-state index in [1.54, 1.807) is 30.3 Å². The summed E-state index contributed by atoms with van der Waals surface area (Å²) < 4.78 is 0. The third-order valence-electron chi connectivity index (χ3n) is 3.12. The van der Waals surface area contributed by atoms with Gasteiger partial charge in [-0.3, -0.25) is 14.5 Å². The SMILES string of the molecule is N#Cc1ccc(CN2C(=O)c3cccc(N)c3C2=O)s1. The molecular formula is C14H9N3O2S. The minimum atomic E-state index is -0.380. The third-order valence-corrected chi connectivity index (χ3v) is 4.09. The number of hydrogen-bond acceptors (Lipinski definition) is 5. The normalized spacial score (nSPS) is 13.4. The molecule has 2 aromatic rings. The number of nitrogens with two attached hydrogens (primary N) is 1. The molecule has 0 spiro atoms. The van der Waals surface area contributed by atoms with E-state index >= 15 is 0 Å². The molecule has 1 aliphatic rings. The summed E-state index contributed by atoms with van der Waals surface area (Å²) in [6.45, 7) is 0.165. The van der Waals surface area contributed by atoms with Crippen LogP contribution in [0.2, 0.25) is 0 Å². The number of fused-ring (bicyclic) bond motifs is 1. The molecule has 2 heterocycles. The Morgan fingerprint density at radius 2 is 2.00 bits per heavy atom. The average Bonchev–Trinajstić information content (AvgIpc) is 2.99. The van der Waals surface area contributed by atoms with Gasteiger partial charge in [-0.05, 0) is 24.3 Å². The van der Waals surface area contributed by atoms with Gasteiger partial charge < -0.3 is 5.73 Å². The van der Waals surface area contributed by atoms with Gasteiger partial charge in [-0.1, -0.05) is 6.07 Å². The van der Waals surface area contributed by atoms with E-state index < -0.39 is 0 Å². The van der Waals surface area contributed by atoms with E-state index in [-0.39, 0.29) is 23.9 Å². The third kappa shape index (κ3) is 1.76. The molecule has 0 atom stereocenters. The van der Waals surface area contributed by atoms with Crippen LogP contribution in [0, 0.1) is 11.3 Å². The van der Waals surface area contributed by atoms with Crippen molar-refractivity contribution in [2.45, 2.75) is 6.54 Å². The molecule has 0 unspecified atom stereocenters. The topological polar surface area (TPSA) is 87.2 Å². The lowest BCUT2D eigenvalue weighted by atomic mass is 10.1. The van der Waals surface area contributed by atoms with Crippen LogP contribution in [0.3, 0.4) is 0 Å². The van der Waals surface area contributed by atoms with Crippen molar-refractivity contribution in [3.05, 3.63) is 51.2 Å². The summed E-state index contributed by atoms with van der Waals surface area (Å²) in [4.78, 5) is 27.0. The first-order chi connectivity index (χ1) is 9.61. The van der Waals surface area contributed by atoms with E-state index in [0.717, 1.165) is 9.78 Å². The fourth-order valence-corrected chi connectivity index (χ4v) is 2.98. The lowest BCUT2D eigenvalue weighted by molar-refractivity contribution is 0.0644. The van der Waals surface area contributed by atoms with Gasteiger partial charge in [0.25, 0.3) is 11.8 Å². The summed E-state index contributed by atoms with van der Waals surface area (Å²) in [6.07, 6.45) is 0. The van der Waals surface area contributed by atoms with Crippen LogP contribution in [0.5, 0.6) is 0 Å². The Labute approximate surface area is 118 Å². The number of carbonyl (C=O) groups is 2. The van der Waals surface area contributed by atoms with E-state index in [4.69, 9.17) is 11.0 Å². The maximum atomic E-state index is 12.3. The monoisotopic (exact) mass is 283 g/mol. The second kappa shape index (κ2) is 4.47. The second-order valence-electron chi connectivity index (χ2n) is 4.34. The summed E-state index contributed by atoms with van der Waals surface area (Å²) in [5.74, 6) is -0.723. The highest BCUT2D eigenvalue weighted by Gasteiger charge is 2.37. The van der Waals surface area contributed by atoms with Crippen molar-refractivity contribution in [3.8, 4) is 6.07 Å². The number of nitriles is 1. The highest BCUT2D eigenvalue weighted by atomic mass is 32.1. The molecule has 5 nitrogen and oxygen atoms in total. The Bertz CT molecular complexity index is 773. The largest absolute Gasteiger partial charge is 0.398 e. The number of benzene rings is 1. The molecular weight excluding hydrogens is 274 g/mol. The molecule has 3 rings (SSSR count). The number of nitrogens with zero attached hydrogens (tertiary/aromatic N) is 2. The second-order valence-corrected chi connectivity index (χ2v) is 5.51. The van der Waals surface area contributed by atoms with Crippen LogP contribution in [0.25, 0.3) is 0 Å². The Morgan fingerprint density at radius 3 is 2.65 bits per heavy atom. The van der Waals surface area contributed by atoms with Crippen LogP contribution in [0.15, 0.2) is 30.3 Å². The Hall–Kier alpha value is -2.65. The molecule has 0 aliphatic carbocycles. The van der Waals surface area contributed by atoms with Crippen molar-refractivity contribution in [3.63, 3.8) is 0 Å². The highest BCUT2D eigenvalue weighted by molar-refractivity contribution is 7.12. The lowest BCUT2D eigenvalue weighted by Crippen LogP contribution is -2.28. The molecule has 0 saturated heterocycles. The fraction of sp³-hybridized carbons (Fsp3) is 0.0714. The zero-order valence-corrected chi connectivity index (χ0v) is 11.1. The summed E-state index contributed by atoms with van der Waals surface area (Å²) in [7, 11) is 0. The molecule has 1 aromatic heterocycles. The quantitative estimate of drug-likeness (QED) is 0.674. The summed E-state index contributed by atoms with van der Waals surface area (Å²) in [5, 5.41) is 8.79. The van der Waals surface area contributed by atoms with Gasteiger partial charge in [0, 0.05) is 10.6 Å². The minimum absolute atomic E-state index is 0.165. The van der Waals surface area contributed by atoms with Gasteiger partial charge in [-0.2, -0.15) is 5.26 Å². The number of anilines is 1. The van der Waals surface area contributed by atoms with E-state index in [0.29, 0.717) is 16.1 Å². The van der Waals surface area contributed by atoms with Gasteiger partial charge in [-0.25, -0.2) is 0 Å². The van der Waals surface area contributed by atoms with Crippen LogP contribution in [0.1, 0.15) is 30.5 Å². The maximum absolute atomic E-state index is 12.3. The van der Waals surface area contributed by atoms with Crippen LogP contribution in [-0.2, 0) is 6.54 Å². The van der Waals surface area contributed by atoms with Crippen LogP contribution in [0.4, 0.5) is 5.69 Å². The van der Waals surface area contributed by atoms with E-state index in [1.165, 1.54) is 11.3 Å². The standard InChI is InChI=1S/C14H9N3O2S/c15-6-8-4-5-9(20-8)7-17-13(18)10-2-1-3-11(16)12(10)14(17)19/h1-5H,7,16H2. The zero-order valence-electron chi connectivity index (χ0n) is 10.3. The molecule has 0 bridgehead atoms. The van der Waals surface area contributed by atoms with Gasteiger partial charge in [0.05, 0.1) is 17.7 Å². The average molecular weight is 283 g/mol. The first kappa shape index (κ1) is 12.4. The minimum Gasteiger partial charge on any atom is -0.398 e. The predicted octanol–water partition coefficient (Wildman–Crippen LogP) is 2.00. The first-order valence-corrected chi connectivity index (χ1v) is 6.67. The molecule has 2 N–H and O–H groups in total. The van der Waals surface area contributed by atoms with Crippen molar-refractivity contribution in [2.24, 2.45) is 0 Å². The fourth-order valence-electron chi connectivity index (χ4n) is 2.18. The van der Waals surface area contributed by atoms with E-state index in [2.05, 4.69) is 0 Å². The lowest BCUT2D eigenvalue weighted by Gasteiger charge is -2.12. The van der Waals surface area contributed by atoms with Crippen molar-refractivity contribution >= 4 is 28.8 Å². The van der Waals surface area contributed by atoms with Gasteiger partial charge in [0.2, 0.25) is 0 Å². The number of carbonyl (C=O) groups excluding carboxylic acids is 2. The van der Waals surface area contributed by atoms with E-state index in [9.17, 15) is 9.59 Å². The van der Waals surface area contributed by atoms with Gasteiger partial charge in [-0.15, -0.1) is 11.3 Å². The molecule has 98 valence electrons. The molecule has 1 aliphatic heterocycles. The smallest absolute Gasteiger partial charge is 0.263 e. The zero-order chi connectivity index (χ0) is 14.3. The number of amides is 2. The van der Waals surface area contributed by atoms with Gasteiger partial charge >= 0.3 is 0 Å². The molecule has 2 amide bonds. The van der Waals surface area contributed by atoms with Crippen molar-refractivity contribution < 1.29 is 9.59 Å². The summed E-state index contributed by atoms with van der Waals surface area (Å²) in [5.41, 5.74) is 6.69. The van der Waals surface area contributed by atoms with Gasteiger partial charge in [0.1, 0.15) is 10.9 Å². The molecule has 0 saturated carbocycles. The molecule has 0 radical (unpaired) electrons. The Morgan fingerprint density at radius 1 is 1.20 bits per heavy atom. The first-order valence-electron chi connectivity index (χ1n) is 5.85. The number of hydrogen-bond donors (Lipinski definition) is 1. The number of rotatable bonds is 2. The summed E-state index contributed by atoms with van der Waals surface area (Å²) >= 11 is 1.27. The number of nitrogen functional groups attached to an aromatic ring is 1. The van der Waals surface area contributed by atoms with Crippen molar-refractivity contribution in [1.82, 2.24) is 4.90 Å². The summed E-state index contributed by atoms with van der Waals surface area (Å²) in [6, 6.07) is 10.3. The molecule has 20 heavy (non-hydrogen) atoms. The Kier molecular flexibility index (Phi) is 2.77.